The molecule has 122 valence electrons. The summed E-state index contributed by atoms with van der Waals surface area (Å²) in [5, 5.41) is 8.94. The molecule has 0 spiro atoms. The third-order valence-electron chi connectivity index (χ3n) is 3.89. The van der Waals surface area contributed by atoms with Gasteiger partial charge in [-0.05, 0) is 42.5 Å². The predicted molar refractivity (Wildman–Crippen MR) is 95.7 cm³/mol. The molecule has 0 saturated carbocycles. The molecule has 0 radical (unpaired) electrons. The molecule has 3 aromatic rings. The SMILES string of the molecule is O=C(O)c1ccc(-c2ccc(/C=C3\Sc4ccccc4C3=O)o2)cc1. The number of aromatic carboxylic acids is 1. The van der Waals surface area contributed by atoms with Gasteiger partial charge in [0.2, 0.25) is 5.78 Å². The third kappa shape index (κ3) is 2.90. The lowest BCUT2D eigenvalue weighted by atomic mass is 10.1. The fraction of sp³-hybridized carbons (Fsp3) is 0. The highest BCUT2D eigenvalue weighted by Gasteiger charge is 2.25. The van der Waals surface area contributed by atoms with Gasteiger partial charge >= 0.3 is 5.97 Å². The number of ketones is 1. The normalized spacial score (nSPS) is 14.7. The van der Waals surface area contributed by atoms with Crippen LogP contribution in [-0.2, 0) is 0 Å². The number of carboxylic acids is 1. The first-order valence-corrected chi connectivity index (χ1v) is 8.40. The summed E-state index contributed by atoms with van der Waals surface area (Å²) < 4.78 is 5.79. The molecule has 4 rings (SSSR count). The van der Waals surface area contributed by atoms with Crippen molar-refractivity contribution in [2.24, 2.45) is 0 Å². The number of fused-ring (bicyclic) bond motifs is 1. The van der Waals surface area contributed by atoms with Crippen molar-refractivity contribution < 1.29 is 19.1 Å². The number of hydrogen-bond donors (Lipinski definition) is 1. The fourth-order valence-corrected chi connectivity index (χ4v) is 3.66. The van der Waals surface area contributed by atoms with Crippen LogP contribution in [0.25, 0.3) is 17.4 Å². The molecule has 0 atom stereocenters. The van der Waals surface area contributed by atoms with E-state index in [-0.39, 0.29) is 11.3 Å². The zero-order valence-corrected chi connectivity index (χ0v) is 13.7. The van der Waals surface area contributed by atoms with Crippen molar-refractivity contribution in [1.82, 2.24) is 0 Å². The van der Waals surface area contributed by atoms with Crippen LogP contribution in [0.2, 0.25) is 0 Å². The predicted octanol–water partition coefficient (Wildman–Crippen LogP) is 4.97. The number of carboxylic acid groups (broad SMARTS) is 1. The maximum absolute atomic E-state index is 12.4. The van der Waals surface area contributed by atoms with Crippen molar-refractivity contribution >= 4 is 29.6 Å². The Labute approximate surface area is 147 Å². The van der Waals surface area contributed by atoms with Crippen LogP contribution in [0, 0.1) is 0 Å². The summed E-state index contributed by atoms with van der Waals surface area (Å²) in [7, 11) is 0. The summed E-state index contributed by atoms with van der Waals surface area (Å²) in [5.41, 5.74) is 1.72. The Morgan fingerprint density at radius 1 is 1.00 bits per heavy atom. The van der Waals surface area contributed by atoms with Crippen LogP contribution in [0.15, 0.2) is 74.9 Å². The molecule has 1 aromatic heterocycles. The molecule has 4 nitrogen and oxygen atoms in total. The van der Waals surface area contributed by atoms with Gasteiger partial charge in [0.1, 0.15) is 11.5 Å². The van der Waals surface area contributed by atoms with E-state index < -0.39 is 5.97 Å². The van der Waals surface area contributed by atoms with Crippen molar-refractivity contribution in [3.8, 4) is 11.3 Å². The lowest BCUT2D eigenvalue weighted by molar-refractivity contribution is 0.0696. The van der Waals surface area contributed by atoms with E-state index >= 15 is 0 Å². The minimum Gasteiger partial charge on any atom is -0.478 e. The largest absolute Gasteiger partial charge is 0.478 e. The van der Waals surface area contributed by atoms with Crippen LogP contribution in [0.1, 0.15) is 26.5 Å². The summed E-state index contributed by atoms with van der Waals surface area (Å²) in [4.78, 5) is 24.9. The molecular formula is C20H12O4S. The topological polar surface area (TPSA) is 67.5 Å². The molecule has 1 N–H and O–H groups in total. The first-order chi connectivity index (χ1) is 12.1. The average Bonchev–Trinajstić information content (AvgIpc) is 3.21. The summed E-state index contributed by atoms with van der Waals surface area (Å²) in [6, 6.07) is 17.6. The van der Waals surface area contributed by atoms with Crippen LogP contribution in [-0.4, -0.2) is 16.9 Å². The van der Waals surface area contributed by atoms with Crippen LogP contribution < -0.4 is 0 Å². The highest BCUT2D eigenvalue weighted by molar-refractivity contribution is 8.04. The number of furan rings is 1. The van der Waals surface area contributed by atoms with Gasteiger partial charge in [0.05, 0.1) is 10.5 Å². The minimum absolute atomic E-state index is 0.00404. The number of thioether (sulfide) groups is 1. The van der Waals surface area contributed by atoms with Crippen molar-refractivity contribution in [3.63, 3.8) is 0 Å². The summed E-state index contributed by atoms with van der Waals surface area (Å²) >= 11 is 1.44. The number of rotatable bonds is 3. The van der Waals surface area contributed by atoms with Gasteiger partial charge in [0.25, 0.3) is 0 Å². The Morgan fingerprint density at radius 2 is 1.76 bits per heavy atom. The molecule has 2 heterocycles. The van der Waals surface area contributed by atoms with Crippen molar-refractivity contribution in [2.75, 3.05) is 0 Å². The fourth-order valence-electron chi connectivity index (χ4n) is 2.63. The molecule has 1 aliphatic rings. The Morgan fingerprint density at radius 3 is 2.48 bits per heavy atom. The third-order valence-corrected chi connectivity index (χ3v) is 4.99. The quantitative estimate of drug-likeness (QED) is 0.677. The second kappa shape index (κ2) is 6.11. The summed E-state index contributed by atoms with van der Waals surface area (Å²) in [6.45, 7) is 0. The van der Waals surface area contributed by atoms with Gasteiger partial charge in [-0.15, -0.1) is 0 Å². The Balaban J connectivity index is 1.60. The standard InChI is InChI=1S/C20H12O4S/c21-19-15-3-1-2-4-17(15)25-18(19)11-14-9-10-16(24-14)12-5-7-13(8-6-12)20(22)23/h1-11H,(H,22,23)/b18-11-. The zero-order chi connectivity index (χ0) is 17.4. The molecule has 0 amide bonds. The molecule has 2 aromatic carbocycles. The lowest BCUT2D eigenvalue weighted by Gasteiger charge is -1.98. The zero-order valence-electron chi connectivity index (χ0n) is 12.9. The monoisotopic (exact) mass is 348 g/mol. The molecule has 0 unspecified atom stereocenters. The van der Waals surface area contributed by atoms with E-state index in [2.05, 4.69) is 0 Å². The van der Waals surface area contributed by atoms with Gasteiger partial charge in [-0.25, -0.2) is 4.79 Å². The van der Waals surface area contributed by atoms with E-state index in [1.54, 1.807) is 30.3 Å². The summed E-state index contributed by atoms with van der Waals surface area (Å²) in [6.07, 6.45) is 1.74. The van der Waals surface area contributed by atoms with E-state index in [0.29, 0.717) is 16.4 Å². The van der Waals surface area contributed by atoms with E-state index in [9.17, 15) is 9.59 Å². The maximum Gasteiger partial charge on any atom is 0.335 e. The number of Topliss-reactive ketones (excluding diaryl/α,β-unsaturated/α-hetero) is 1. The van der Waals surface area contributed by atoms with E-state index in [4.69, 9.17) is 9.52 Å². The lowest BCUT2D eigenvalue weighted by Crippen LogP contribution is -1.94. The number of allylic oxidation sites excluding steroid dienone is 1. The maximum atomic E-state index is 12.4. The molecule has 0 saturated heterocycles. The summed E-state index contributed by atoms with van der Waals surface area (Å²) in [5.74, 6) is 0.245. The van der Waals surface area contributed by atoms with Crippen LogP contribution in [0.5, 0.6) is 0 Å². The molecule has 25 heavy (non-hydrogen) atoms. The molecular weight excluding hydrogens is 336 g/mol. The number of benzene rings is 2. The molecule has 0 bridgehead atoms. The van der Waals surface area contributed by atoms with Gasteiger partial charge in [-0.3, -0.25) is 4.79 Å². The van der Waals surface area contributed by atoms with Gasteiger partial charge in [0.15, 0.2) is 0 Å². The second-order valence-electron chi connectivity index (χ2n) is 5.52. The van der Waals surface area contributed by atoms with Crippen LogP contribution >= 0.6 is 11.8 Å². The molecule has 0 aliphatic carbocycles. The van der Waals surface area contributed by atoms with E-state index in [1.165, 1.54) is 23.9 Å². The van der Waals surface area contributed by atoms with Gasteiger partial charge < -0.3 is 9.52 Å². The van der Waals surface area contributed by atoms with E-state index in [0.717, 1.165) is 16.0 Å². The van der Waals surface area contributed by atoms with Gasteiger partial charge in [-0.1, -0.05) is 36.0 Å². The Hall–Kier alpha value is -3.05. The first kappa shape index (κ1) is 15.5. The smallest absolute Gasteiger partial charge is 0.335 e. The minimum atomic E-state index is -0.965. The van der Waals surface area contributed by atoms with Gasteiger partial charge in [0, 0.05) is 16.0 Å². The number of hydrogen-bond acceptors (Lipinski definition) is 4. The van der Waals surface area contributed by atoms with Crippen molar-refractivity contribution in [3.05, 3.63) is 82.5 Å². The van der Waals surface area contributed by atoms with Crippen LogP contribution in [0.3, 0.4) is 0 Å². The van der Waals surface area contributed by atoms with Gasteiger partial charge in [-0.2, -0.15) is 0 Å². The number of carbonyl (C=O) groups excluding carboxylic acids is 1. The highest BCUT2D eigenvalue weighted by Crippen LogP contribution is 2.40. The molecule has 0 fully saturated rings. The second-order valence-corrected chi connectivity index (χ2v) is 6.60. The average molecular weight is 348 g/mol. The van der Waals surface area contributed by atoms with E-state index in [1.807, 2.05) is 24.3 Å². The molecule has 1 aliphatic heterocycles. The Kier molecular flexibility index (Phi) is 3.78. The van der Waals surface area contributed by atoms with Crippen LogP contribution in [0.4, 0.5) is 0 Å². The molecule has 5 heteroatoms. The van der Waals surface area contributed by atoms with Crippen molar-refractivity contribution in [1.29, 1.82) is 0 Å². The highest BCUT2D eigenvalue weighted by atomic mass is 32.2. The first-order valence-electron chi connectivity index (χ1n) is 7.59. The van der Waals surface area contributed by atoms with Crippen molar-refractivity contribution in [2.45, 2.75) is 4.90 Å². The Bertz CT molecular complexity index is 1010. The number of carbonyl (C=O) groups is 2.